The zero-order valence-corrected chi connectivity index (χ0v) is 14.0. The summed E-state index contributed by atoms with van der Waals surface area (Å²) in [4.78, 5) is 21.0. The normalized spacial score (nSPS) is 15.4. The molecular formula is C19H21N5O. The number of hydrogen-bond acceptors (Lipinski definition) is 3. The molecule has 0 radical (unpaired) electrons. The van der Waals surface area contributed by atoms with Gasteiger partial charge in [-0.15, -0.1) is 0 Å². The van der Waals surface area contributed by atoms with Crippen LogP contribution in [0.3, 0.4) is 0 Å². The molecule has 1 fully saturated rings. The number of piperazine rings is 1. The van der Waals surface area contributed by atoms with Gasteiger partial charge in [0.05, 0.1) is 11.9 Å². The maximum absolute atomic E-state index is 12.3. The summed E-state index contributed by atoms with van der Waals surface area (Å²) >= 11 is 0. The number of rotatable bonds is 3. The van der Waals surface area contributed by atoms with Crippen LogP contribution in [0.15, 0.2) is 60.9 Å². The van der Waals surface area contributed by atoms with Crippen LogP contribution in [0, 0.1) is 0 Å². The first kappa shape index (κ1) is 15.7. The maximum Gasteiger partial charge on any atom is 0.321 e. The zero-order valence-electron chi connectivity index (χ0n) is 14.0. The van der Waals surface area contributed by atoms with Crippen molar-refractivity contribution in [3.63, 3.8) is 0 Å². The molecule has 0 atom stereocenters. The van der Waals surface area contributed by atoms with Gasteiger partial charge in [0.15, 0.2) is 0 Å². The van der Waals surface area contributed by atoms with Crippen LogP contribution in [-0.2, 0) is 6.54 Å². The van der Waals surface area contributed by atoms with E-state index >= 15 is 0 Å². The van der Waals surface area contributed by atoms with Gasteiger partial charge in [0, 0.05) is 44.6 Å². The van der Waals surface area contributed by atoms with Gasteiger partial charge in [-0.2, -0.15) is 0 Å². The quantitative estimate of drug-likeness (QED) is 0.801. The van der Waals surface area contributed by atoms with Crippen LogP contribution >= 0.6 is 0 Å². The lowest BCUT2D eigenvalue weighted by Gasteiger charge is -2.34. The molecule has 128 valence electrons. The fraction of sp³-hybridized carbons (Fsp3) is 0.263. The molecule has 0 bridgehead atoms. The molecule has 0 aliphatic carbocycles. The average molecular weight is 335 g/mol. The Labute approximate surface area is 146 Å². The Bertz CT molecular complexity index is 852. The van der Waals surface area contributed by atoms with Gasteiger partial charge in [0.1, 0.15) is 5.65 Å². The van der Waals surface area contributed by atoms with Crippen LogP contribution in [0.2, 0.25) is 0 Å². The van der Waals surface area contributed by atoms with E-state index in [0.29, 0.717) is 0 Å². The molecule has 3 aromatic rings. The van der Waals surface area contributed by atoms with Crippen molar-refractivity contribution in [1.82, 2.24) is 19.2 Å². The first-order valence-corrected chi connectivity index (χ1v) is 8.54. The van der Waals surface area contributed by atoms with Crippen molar-refractivity contribution < 1.29 is 4.79 Å². The first-order valence-electron chi connectivity index (χ1n) is 8.54. The topological polar surface area (TPSA) is 52.9 Å². The number of pyridine rings is 1. The van der Waals surface area contributed by atoms with Crippen LogP contribution in [0.4, 0.5) is 10.5 Å². The first-order chi connectivity index (χ1) is 12.3. The summed E-state index contributed by atoms with van der Waals surface area (Å²) in [6, 6.07) is 15.6. The number of carbonyl (C=O) groups is 1. The van der Waals surface area contributed by atoms with E-state index in [0.717, 1.165) is 44.1 Å². The second-order valence-electron chi connectivity index (χ2n) is 6.24. The van der Waals surface area contributed by atoms with E-state index in [4.69, 9.17) is 0 Å². The van der Waals surface area contributed by atoms with Crippen LogP contribution < -0.4 is 5.32 Å². The Hall–Kier alpha value is -2.86. The summed E-state index contributed by atoms with van der Waals surface area (Å²) in [5.74, 6) is 0. The van der Waals surface area contributed by atoms with E-state index in [9.17, 15) is 4.79 Å². The van der Waals surface area contributed by atoms with E-state index in [2.05, 4.69) is 19.6 Å². The minimum Gasteiger partial charge on any atom is -0.322 e. The lowest BCUT2D eigenvalue weighted by Crippen LogP contribution is -2.49. The van der Waals surface area contributed by atoms with Crippen molar-refractivity contribution in [3.8, 4) is 0 Å². The van der Waals surface area contributed by atoms with Crippen LogP contribution in [0.25, 0.3) is 5.65 Å². The number of nitrogens with zero attached hydrogens (tertiary/aromatic N) is 4. The molecule has 1 aromatic carbocycles. The Kier molecular flexibility index (Phi) is 4.35. The minimum absolute atomic E-state index is 0.0272. The number of nitrogens with one attached hydrogen (secondary N) is 1. The number of urea groups is 1. The summed E-state index contributed by atoms with van der Waals surface area (Å²) < 4.78 is 2.12. The molecule has 4 rings (SSSR count). The number of hydrogen-bond donors (Lipinski definition) is 1. The maximum atomic E-state index is 12.3. The molecule has 0 saturated carbocycles. The molecule has 2 aromatic heterocycles. The molecular weight excluding hydrogens is 314 g/mol. The number of para-hydroxylation sites is 1. The largest absolute Gasteiger partial charge is 0.322 e. The molecule has 25 heavy (non-hydrogen) atoms. The number of aromatic nitrogens is 2. The highest BCUT2D eigenvalue weighted by molar-refractivity contribution is 5.89. The Balaban J connectivity index is 1.33. The second-order valence-corrected chi connectivity index (χ2v) is 6.24. The van der Waals surface area contributed by atoms with Crippen molar-refractivity contribution in [2.45, 2.75) is 6.54 Å². The van der Waals surface area contributed by atoms with Gasteiger partial charge >= 0.3 is 6.03 Å². The number of imidazole rings is 1. The molecule has 6 heteroatoms. The third-order valence-corrected chi connectivity index (χ3v) is 4.56. The number of fused-ring (bicyclic) bond motifs is 1. The van der Waals surface area contributed by atoms with Crippen molar-refractivity contribution in [2.75, 3.05) is 31.5 Å². The van der Waals surface area contributed by atoms with E-state index < -0.39 is 0 Å². The standard InChI is InChI=1S/C19H21N5O/c25-19(21-16-6-2-1-3-7-16)23-12-10-22(11-13-23)15-17-14-20-18-8-4-5-9-24(17)18/h1-9,14H,10-13,15H2,(H,21,25). The lowest BCUT2D eigenvalue weighted by molar-refractivity contribution is 0.142. The average Bonchev–Trinajstić information content (AvgIpc) is 3.06. The summed E-state index contributed by atoms with van der Waals surface area (Å²) in [7, 11) is 0. The van der Waals surface area contributed by atoms with Crippen LogP contribution in [0.5, 0.6) is 0 Å². The number of carbonyl (C=O) groups excluding carboxylic acids is 1. The van der Waals surface area contributed by atoms with Crippen molar-refractivity contribution in [1.29, 1.82) is 0 Å². The smallest absolute Gasteiger partial charge is 0.321 e. The van der Waals surface area contributed by atoms with E-state index in [1.165, 1.54) is 5.69 Å². The molecule has 0 spiro atoms. The van der Waals surface area contributed by atoms with Gasteiger partial charge in [-0.25, -0.2) is 9.78 Å². The summed E-state index contributed by atoms with van der Waals surface area (Å²) in [5.41, 5.74) is 2.98. The van der Waals surface area contributed by atoms with Crippen LogP contribution in [-0.4, -0.2) is 51.4 Å². The predicted molar refractivity (Wildman–Crippen MR) is 97.5 cm³/mol. The van der Waals surface area contributed by atoms with Gasteiger partial charge in [0.2, 0.25) is 0 Å². The van der Waals surface area contributed by atoms with Gasteiger partial charge in [-0.1, -0.05) is 24.3 Å². The Morgan fingerprint density at radius 1 is 1.00 bits per heavy atom. The predicted octanol–water partition coefficient (Wildman–Crippen LogP) is 2.68. The highest BCUT2D eigenvalue weighted by Crippen LogP contribution is 2.12. The third kappa shape index (κ3) is 3.49. The van der Waals surface area contributed by atoms with Crippen LogP contribution in [0.1, 0.15) is 5.69 Å². The van der Waals surface area contributed by atoms with Gasteiger partial charge in [-0.05, 0) is 24.3 Å². The number of benzene rings is 1. The number of anilines is 1. The highest BCUT2D eigenvalue weighted by Gasteiger charge is 2.21. The van der Waals surface area contributed by atoms with Gasteiger partial charge in [-0.3, -0.25) is 4.90 Å². The SMILES string of the molecule is O=C(Nc1ccccc1)N1CCN(Cc2cnc3ccccn23)CC1. The molecule has 6 nitrogen and oxygen atoms in total. The van der Waals surface area contributed by atoms with Gasteiger partial charge < -0.3 is 14.6 Å². The van der Waals surface area contributed by atoms with E-state index in [1.807, 2.05) is 65.8 Å². The summed E-state index contributed by atoms with van der Waals surface area (Å²) in [6.07, 6.45) is 3.98. The fourth-order valence-electron chi connectivity index (χ4n) is 3.16. The summed E-state index contributed by atoms with van der Waals surface area (Å²) in [6.45, 7) is 4.04. The third-order valence-electron chi connectivity index (χ3n) is 4.56. The molecule has 3 heterocycles. The highest BCUT2D eigenvalue weighted by atomic mass is 16.2. The van der Waals surface area contributed by atoms with E-state index in [-0.39, 0.29) is 6.03 Å². The Morgan fingerprint density at radius 3 is 2.56 bits per heavy atom. The molecule has 1 aliphatic rings. The fourth-order valence-corrected chi connectivity index (χ4v) is 3.16. The zero-order chi connectivity index (χ0) is 17.1. The molecule has 1 aliphatic heterocycles. The van der Waals surface area contributed by atoms with Crippen molar-refractivity contribution in [2.24, 2.45) is 0 Å². The monoisotopic (exact) mass is 335 g/mol. The molecule has 1 saturated heterocycles. The van der Waals surface area contributed by atoms with Crippen molar-refractivity contribution >= 4 is 17.4 Å². The molecule has 2 amide bonds. The van der Waals surface area contributed by atoms with E-state index in [1.54, 1.807) is 0 Å². The molecule has 0 unspecified atom stereocenters. The lowest BCUT2D eigenvalue weighted by atomic mass is 10.3. The minimum atomic E-state index is -0.0272. The Morgan fingerprint density at radius 2 is 1.76 bits per heavy atom. The number of amides is 2. The second kappa shape index (κ2) is 6.94. The molecule has 1 N–H and O–H groups in total. The summed E-state index contributed by atoms with van der Waals surface area (Å²) in [5, 5.41) is 2.95. The van der Waals surface area contributed by atoms with Gasteiger partial charge in [0.25, 0.3) is 0 Å². The van der Waals surface area contributed by atoms with Crippen molar-refractivity contribution in [3.05, 3.63) is 66.6 Å².